The minimum atomic E-state index is -0.386. The van der Waals surface area contributed by atoms with Gasteiger partial charge in [-0.15, -0.1) is 0 Å². The summed E-state index contributed by atoms with van der Waals surface area (Å²) >= 11 is 0. The summed E-state index contributed by atoms with van der Waals surface area (Å²) in [6.45, 7) is 11.0. The van der Waals surface area contributed by atoms with Gasteiger partial charge in [0.1, 0.15) is 11.5 Å². The van der Waals surface area contributed by atoms with Crippen LogP contribution in [-0.2, 0) is 6.42 Å². The van der Waals surface area contributed by atoms with Crippen molar-refractivity contribution in [1.29, 1.82) is 0 Å². The molecule has 2 N–H and O–H groups in total. The average molecular weight is 544 g/mol. The van der Waals surface area contributed by atoms with Crippen molar-refractivity contribution in [3.05, 3.63) is 84.1 Å². The van der Waals surface area contributed by atoms with Crippen LogP contribution in [0.25, 0.3) is 22.0 Å². The van der Waals surface area contributed by atoms with Crippen molar-refractivity contribution in [2.24, 2.45) is 5.73 Å². The maximum absolute atomic E-state index is 11.7. The van der Waals surface area contributed by atoms with Gasteiger partial charge in [0, 0.05) is 54.1 Å². The Morgan fingerprint density at radius 2 is 1.50 bits per heavy atom. The molecule has 2 heterocycles. The van der Waals surface area contributed by atoms with Crippen molar-refractivity contribution in [2.45, 2.75) is 53.0 Å². The molecule has 5 rings (SSSR count). The van der Waals surface area contributed by atoms with Crippen LogP contribution >= 0.6 is 0 Å². The topological polar surface area (TPSA) is 69.7 Å². The molecule has 6 nitrogen and oxygen atoms in total. The first-order valence-electron chi connectivity index (χ1n) is 14.5. The van der Waals surface area contributed by atoms with Crippen LogP contribution in [0.3, 0.4) is 0 Å². The molecular weight excluding hydrogens is 498 g/mol. The molecule has 1 aliphatic rings. The molecule has 0 spiro atoms. The monoisotopic (exact) mass is 543 g/mol. The zero-order valence-electron chi connectivity index (χ0n) is 24.9. The molecule has 0 saturated carbocycles. The number of fused-ring (bicyclic) bond motifs is 1. The lowest BCUT2D eigenvalue weighted by Crippen LogP contribution is -2.36. The van der Waals surface area contributed by atoms with Crippen LogP contribution < -0.4 is 15.2 Å². The molecular formula is C34H45N3O3. The van der Waals surface area contributed by atoms with Gasteiger partial charge >= 0.3 is 0 Å². The number of rotatable bonds is 8. The third-order valence-electron chi connectivity index (χ3n) is 7.39. The maximum Gasteiger partial charge on any atom is 0.248 e. The first kappa shape index (κ1) is 30.8. The van der Waals surface area contributed by atoms with Gasteiger partial charge in [-0.1, -0.05) is 64.1 Å². The number of likely N-dealkylation sites (tertiary alicyclic amines) is 1. The van der Waals surface area contributed by atoms with E-state index in [2.05, 4.69) is 33.9 Å². The highest BCUT2D eigenvalue weighted by Gasteiger charge is 2.23. The highest BCUT2D eigenvalue weighted by molar-refractivity contribution is 5.97. The second kappa shape index (κ2) is 15.1. The predicted octanol–water partition coefficient (Wildman–Crippen LogP) is 7.36. The summed E-state index contributed by atoms with van der Waals surface area (Å²) in [4.78, 5) is 14.2. The fourth-order valence-electron chi connectivity index (χ4n) is 5.45. The Kier molecular flexibility index (Phi) is 11.6. The van der Waals surface area contributed by atoms with Gasteiger partial charge < -0.3 is 24.7 Å². The number of nitrogens with zero attached hydrogens (tertiary/aromatic N) is 2. The fourth-order valence-corrected chi connectivity index (χ4v) is 5.45. The summed E-state index contributed by atoms with van der Waals surface area (Å²) in [5.41, 5.74) is 10.6. The molecule has 6 heteroatoms. The molecule has 0 unspecified atom stereocenters. The molecule has 40 heavy (non-hydrogen) atoms. The Morgan fingerprint density at radius 3 is 2.17 bits per heavy atom. The highest BCUT2D eigenvalue weighted by Crippen LogP contribution is 2.37. The molecule has 0 radical (unpaired) electrons. The minimum absolute atomic E-state index is 0.386. The number of primary amides is 1. The Labute approximate surface area is 239 Å². The van der Waals surface area contributed by atoms with Gasteiger partial charge in [0.25, 0.3) is 0 Å². The normalized spacial score (nSPS) is 13.6. The molecule has 3 aromatic carbocycles. The molecule has 0 atom stereocenters. The lowest BCUT2D eigenvalue weighted by Gasteiger charge is -2.33. The summed E-state index contributed by atoms with van der Waals surface area (Å²) < 4.78 is 13.7. The number of aromatic nitrogens is 1. The molecule has 214 valence electrons. The number of ether oxygens (including phenoxy) is 2. The Morgan fingerprint density at radius 1 is 0.850 bits per heavy atom. The third-order valence-corrected chi connectivity index (χ3v) is 7.39. The summed E-state index contributed by atoms with van der Waals surface area (Å²) in [5.74, 6) is 1.40. The molecule has 1 amide bonds. The zero-order valence-corrected chi connectivity index (χ0v) is 24.9. The first-order valence-corrected chi connectivity index (χ1v) is 14.5. The number of hydrogen-bond acceptors (Lipinski definition) is 4. The van der Waals surface area contributed by atoms with Gasteiger partial charge in [-0.25, -0.2) is 0 Å². The highest BCUT2D eigenvalue weighted by atomic mass is 16.5. The molecule has 1 aromatic heterocycles. The van der Waals surface area contributed by atoms with Crippen LogP contribution in [0.15, 0.2) is 72.9 Å². The standard InChI is InChI=1S/C30H33N3O3.2C2H6/c1-35-28-8-4-3-6-25(28)24-7-5-9-29(36-2)26(24)15-18-32-16-13-23(14-17-32)33-19-12-21-10-11-22(30(31)34)20-27(21)33;2*1-2/h3-12,19-20,23H,13-18H2,1-2H3,(H2,31,34);2*1-2H3. The Bertz CT molecular complexity index is 1370. The van der Waals surface area contributed by atoms with Crippen molar-refractivity contribution in [2.75, 3.05) is 33.9 Å². The van der Waals surface area contributed by atoms with Gasteiger partial charge in [-0.2, -0.15) is 0 Å². The average Bonchev–Trinajstić information content (AvgIpc) is 3.45. The van der Waals surface area contributed by atoms with E-state index in [0.717, 1.165) is 72.4 Å². The first-order chi connectivity index (χ1) is 19.6. The van der Waals surface area contributed by atoms with Crippen LogP contribution in [0.1, 0.15) is 62.5 Å². The number of methoxy groups -OCH3 is 2. The van der Waals surface area contributed by atoms with Gasteiger partial charge in [-0.05, 0) is 60.5 Å². The SMILES string of the molecule is CC.CC.COc1ccccc1-c1cccc(OC)c1CCN1CCC(n2ccc3ccc(C(N)=O)cc32)CC1. The quantitative estimate of drug-likeness (QED) is 0.252. The third kappa shape index (κ3) is 6.86. The second-order valence-corrected chi connectivity index (χ2v) is 9.37. The number of carbonyl (C=O) groups excluding carboxylic acids is 1. The summed E-state index contributed by atoms with van der Waals surface area (Å²) in [6.07, 6.45) is 5.17. The van der Waals surface area contributed by atoms with Crippen LogP contribution in [0, 0.1) is 0 Å². The van der Waals surface area contributed by atoms with Crippen molar-refractivity contribution in [3.63, 3.8) is 0 Å². The van der Waals surface area contributed by atoms with E-state index < -0.39 is 0 Å². The number of benzene rings is 3. The molecule has 1 saturated heterocycles. The van der Waals surface area contributed by atoms with Crippen molar-refractivity contribution in [3.8, 4) is 22.6 Å². The molecule has 4 aromatic rings. The summed E-state index contributed by atoms with van der Waals surface area (Å²) in [5, 5.41) is 1.14. The smallest absolute Gasteiger partial charge is 0.248 e. The van der Waals surface area contributed by atoms with Crippen LogP contribution in [-0.4, -0.2) is 49.2 Å². The number of para-hydroxylation sites is 1. The summed E-state index contributed by atoms with van der Waals surface area (Å²) in [7, 11) is 3.45. The molecule has 0 bridgehead atoms. The predicted molar refractivity (Wildman–Crippen MR) is 167 cm³/mol. The van der Waals surface area contributed by atoms with Crippen molar-refractivity contribution >= 4 is 16.8 Å². The van der Waals surface area contributed by atoms with Gasteiger partial charge in [0.2, 0.25) is 5.91 Å². The lowest BCUT2D eigenvalue weighted by molar-refractivity contribution is 0.100. The van der Waals surface area contributed by atoms with E-state index >= 15 is 0 Å². The number of piperidine rings is 1. The van der Waals surface area contributed by atoms with Gasteiger partial charge in [0.15, 0.2) is 0 Å². The molecule has 1 fully saturated rings. The van der Waals surface area contributed by atoms with Crippen molar-refractivity contribution < 1.29 is 14.3 Å². The van der Waals surface area contributed by atoms with E-state index in [4.69, 9.17) is 15.2 Å². The Hall–Kier alpha value is -3.77. The van der Waals surface area contributed by atoms with Crippen LogP contribution in [0.4, 0.5) is 0 Å². The van der Waals surface area contributed by atoms with E-state index in [1.807, 2.05) is 70.2 Å². The van der Waals surface area contributed by atoms with Gasteiger partial charge in [0.05, 0.1) is 14.2 Å². The van der Waals surface area contributed by atoms with Crippen LogP contribution in [0.5, 0.6) is 11.5 Å². The molecule has 1 aliphatic heterocycles. The number of amides is 1. The van der Waals surface area contributed by atoms with E-state index in [1.165, 1.54) is 5.56 Å². The second-order valence-electron chi connectivity index (χ2n) is 9.37. The fraction of sp³-hybridized carbons (Fsp3) is 0.382. The van der Waals surface area contributed by atoms with E-state index in [1.54, 1.807) is 20.3 Å². The lowest BCUT2D eigenvalue weighted by atomic mass is 9.95. The van der Waals surface area contributed by atoms with E-state index in [9.17, 15) is 4.79 Å². The minimum Gasteiger partial charge on any atom is -0.496 e. The maximum atomic E-state index is 11.7. The Balaban J connectivity index is 0.00000106. The van der Waals surface area contributed by atoms with E-state index in [-0.39, 0.29) is 5.91 Å². The van der Waals surface area contributed by atoms with Gasteiger partial charge in [-0.3, -0.25) is 4.79 Å². The van der Waals surface area contributed by atoms with E-state index in [0.29, 0.717) is 11.6 Å². The molecule has 0 aliphatic carbocycles. The van der Waals surface area contributed by atoms with Crippen molar-refractivity contribution in [1.82, 2.24) is 9.47 Å². The zero-order chi connectivity index (χ0) is 29.1. The number of nitrogens with two attached hydrogens (primary N) is 1. The largest absolute Gasteiger partial charge is 0.496 e. The number of carbonyl (C=O) groups is 1. The summed E-state index contributed by atoms with van der Waals surface area (Å²) in [6, 6.07) is 22.6. The van der Waals surface area contributed by atoms with Crippen LogP contribution in [0.2, 0.25) is 0 Å². The number of hydrogen-bond donors (Lipinski definition) is 1.